The SMILES string of the molecule is CN(C)[C@H]1CCCC[C@H]1n1ccc2ccc(N)cc21. The first-order valence-corrected chi connectivity index (χ1v) is 7.19. The summed E-state index contributed by atoms with van der Waals surface area (Å²) in [6.45, 7) is 0. The van der Waals surface area contributed by atoms with Crippen LogP contribution in [0.25, 0.3) is 10.9 Å². The van der Waals surface area contributed by atoms with Gasteiger partial charge in [0.2, 0.25) is 0 Å². The lowest BCUT2D eigenvalue weighted by Crippen LogP contribution is -2.38. The van der Waals surface area contributed by atoms with E-state index in [0.29, 0.717) is 12.1 Å². The molecular weight excluding hydrogens is 234 g/mol. The summed E-state index contributed by atoms with van der Waals surface area (Å²) in [4.78, 5) is 2.38. The molecule has 2 atom stereocenters. The summed E-state index contributed by atoms with van der Waals surface area (Å²) in [6, 6.07) is 9.62. The van der Waals surface area contributed by atoms with E-state index in [4.69, 9.17) is 5.73 Å². The molecule has 19 heavy (non-hydrogen) atoms. The molecule has 3 nitrogen and oxygen atoms in total. The van der Waals surface area contributed by atoms with Crippen molar-refractivity contribution in [2.24, 2.45) is 0 Å². The number of rotatable bonds is 2. The van der Waals surface area contributed by atoms with E-state index in [-0.39, 0.29) is 0 Å². The van der Waals surface area contributed by atoms with Crippen LogP contribution in [0.15, 0.2) is 30.5 Å². The summed E-state index contributed by atoms with van der Waals surface area (Å²) in [7, 11) is 4.39. The lowest BCUT2D eigenvalue weighted by Gasteiger charge is -2.37. The van der Waals surface area contributed by atoms with Crippen molar-refractivity contribution >= 4 is 16.6 Å². The number of hydrogen-bond donors (Lipinski definition) is 1. The highest BCUT2D eigenvalue weighted by Gasteiger charge is 2.28. The van der Waals surface area contributed by atoms with Crippen molar-refractivity contribution in [3.05, 3.63) is 30.5 Å². The van der Waals surface area contributed by atoms with Gasteiger partial charge in [-0.1, -0.05) is 18.9 Å². The van der Waals surface area contributed by atoms with Crippen molar-refractivity contribution in [3.8, 4) is 0 Å². The summed E-state index contributed by atoms with van der Waals surface area (Å²) in [5.74, 6) is 0. The molecule has 0 unspecified atom stereocenters. The molecule has 0 aliphatic heterocycles. The molecule has 2 N–H and O–H groups in total. The van der Waals surface area contributed by atoms with Crippen LogP contribution in [-0.2, 0) is 0 Å². The van der Waals surface area contributed by atoms with Gasteiger partial charge in [0.1, 0.15) is 0 Å². The Hall–Kier alpha value is -1.48. The summed E-state index contributed by atoms with van der Waals surface area (Å²) in [5.41, 5.74) is 8.08. The molecular formula is C16H23N3. The molecule has 2 aromatic rings. The predicted molar refractivity (Wildman–Crippen MR) is 81.3 cm³/mol. The largest absolute Gasteiger partial charge is 0.399 e. The molecule has 1 aliphatic carbocycles. The van der Waals surface area contributed by atoms with Gasteiger partial charge in [-0.2, -0.15) is 0 Å². The van der Waals surface area contributed by atoms with Gasteiger partial charge in [0.05, 0.1) is 5.52 Å². The van der Waals surface area contributed by atoms with Crippen LogP contribution < -0.4 is 5.73 Å². The van der Waals surface area contributed by atoms with Gasteiger partial charge in [-0.3, -0.25) is 0 Å². The van der Waals surface area contributed by atoms with Crippen LogP contribution in [-0.4, -0.2) is 29.6 Å². The predicted octanol–water partition coefficient (Wildman–Crippen LogP) is 3.27. The van der Waals surface area contributed by atoms with E-state index in [1.807, 2.05) is 6.07 Å². The second-order valence-corrected chi connectivity index (χ2v) is 5.92. The fourth-order valence-corrected chi connectivity index (χ4v) is 3.47. The molecule has 1 fully saturated rings. The third-order valence-electron chi connectivity index (χ3n) is 4.46. The molecule has 0 saturated heterocycles. The van der Waals surface area contributed by atoms with Crippen LogP contribution in [0.1, 0.15) is 31.7 Å². The Morgan fingerprint density at radius 2 is 1.95 bits per heavy atom. The normalized spacial score (nSPS) is 24.2. The van der Waals surface area contributed by atoms with Crippen LogP contribution in [0.4, 0.5) is 5.69 Å². The molecule has 3 heteroatoms. The second-order valence-electron chi connectivity index (χ2n) is 5.92. The number of nitrogens with zero attached hydrogens (tertiary/aromatic N) is 2. The third-order valence-corrected chi connectivity index (χ3v) is 4.46. The fraction of sp³-hybridized carbons (Fsp3) is 0.500. The van der Waals surface area contributed by atoms with Crippen LogP contribution in [0.5, 0.6) is 0 Å². The number of anilines is 1. The Balaban J connectivity index is 2.04. The van der Waals surface area contributed by atoms with E-state index in [1.165, 1.54) is 36.6 Å². The molecule has 102 valence electrons. The van der Waals surface area contributed by atoms with Gasteiger partial charge >= 0.3 is 0 Å². The van der Waals surface area contributed by atoms with E-state index in [0.717, 1.165) is 5.69 Å². The maximum absolute atomic E-state index is 5.95. The van der Waals surface area contributed by atoms with Crippen molar-refractivity contribution in [1.29, 1.82) is 0 Å². The number of hydrogen-bond acceptors (Lipinski definition) is 2. The van der Waals surface area contributed by atoms with Gasteiger partial charge in [0, 0.05) is 24.0 Å². The molecule has 0 bridgehead atoms. The molecule has 0 amide bonds. The van der Waals surface area contributed by atoms with Gasteiger partial charge in [0.25, 0.3) is 0 Å². The van der Waals surface area contributed by atoms with E-state index >= 15 is 0 Å². The van der Waals surface area contributed by atoms with Crippen LogP contribution in [0, 0.1) is 0 Å². The third kappa shape index (κ3) is 2.23. The smallest absolute Gasteiger partial charge is 0.0504 e. The number of likely N-dealkylation sites (N-methyl/N-ethyl adjacent to an activating group) is 1. The molecule has 3 rings (SSSR count). The lowest BCUT2D eigenvalue weighted by molar-refractivity contribution is 0.162. The highest BCUT2D eigenvalue weighted by atomic mass is 15.2. The Bertz CT molecular complexity index is 570. The zero-order chi connectivity index (χ0) is 13.4. The molecule has 1 aliphatic rings. The van der Waals surface area contributed by atoms with E-state index in [9.17, 15) is 0 Å². The summed E-state index contributed by atoms with van der Waals surface area (Å²) >= 11 is 0. The van der Waals surface area contributed by atoms with Crippen LogP contribution in [0.3, 0.4) is 0 Å². The van der Waals surface area contributed by atoms with Crippen LogP contribution in [0.2, 0.25) is 0 Å². The summed E-state index contributed by atoms with van der Waals surface area (Å²) < 4.78 is 2.44. The molecule has 1 aromatic heterocycles. The van der Waals surface area contributed by atoms with Gasteiger partial charge in [-0.15, -0.1) is 0 Å². The molecule has 1 saturated carbocycles. The number of benzene rings is 1. The summed E-state index contributed by atoms with van der Waals surface area (Å²) in [6.07, 6.45) is 7.47. The molecule has 0 spiro atoms. The molecule has 0 radical (unpaired) electrons. The Labute approximate surface area is 115 Å². The number of nitrogen functional groups attached to an aromatic ring is 1. The average molecular weight is 257 g/mol. The monoisotopic (exact) mass is 257 g/mol. The van der Waals surface area contributed by atoms with Gasteiger partial charge in [0.15, 0.2) is 0 Å². The van der Waals surface area contributed by atoms with Crippen molar-refractivity contribution in [2.75, 3.05) is 19.8 Å². The van der Waals surface area contributed by atoms with E-state index in [1.54, 1.807) is 0 Å². The highest BCUT2D eigenvalue weighted by molar-refractivity contribution is 5.83. The number of fused-ring (bicyclic) bond motifs is 1. The van der Waals surface area contributed by atoms with Crippen LogP contribution >= 0.6 is 0 Å². The molecule has 1 aromatic carbocycles. The van der Waals surface area contributed by atoms with Crippen molar-refractivity contribution < 1.29 is 0 Å². The topological polar surface area (TPSA) is 34.2 Å². The number of aromatic nitrogens is 1. The molecule has 1 heterocycles. The first-order valence-electron chi connectivity index (χ1n) is 7.19. The Kier molecular flexibility index (Phi) is 3.23. The maximum atomic E-state index is 5.95. The zero-order valence-electron chi connectivity index (χ0n) is 11.8. The minimum atomic E-state index is 0.572. The minimum absolute atomic E-state index is 0.572. The Morgan fingerprint density at radius 1 is 1.16 bits per heavy atom. The average Bonchev–Trinajstić information content (AvgIpc) is 2.81. The second kappa shape index (κ2) is 4.89. The van der Waals surface area contributed by atoms with Gasteiger partial charge in [-0.05, 0) is 50.5 Å². The first kappa shape index (κ1) is 12.5. The van der Waals surface area contributed by atoms with Crippen molar-refractivity contribution in [1.82, 2.24) is 9.47 Å². The standard InChI is InChI=1S/C16H23N3/c1-18(2)14-5-3-4-6-15(14)19-10-9-12-7-8-13(17)11-16(12)19/h7-11,14-15H,3-6,17H2,1-2H3/t14-,15+/m0/s1. The fourth-order valence-electron chi connectivity index (χ4n) is 3.47. The lowest BCUT2D eigenvalue weighted by atomic mass is 9.89. The van der Waals surface area contributed by atoms with Gasteiger partial charge in [-0.25, -0.2) is 0 Å². The first-order chi connectivity index (χ1) is 9.16. The highest BCUT2D eigenvalue weighted by Crippen LogP contribution is 2.34. The van der Waals surface area contributed by atoms with E-state index < -0.39 is 0 Å². The number of nitrogens with two attached hydrogens (primary N) is 1. The van der Waals surface area contributed by atoms with Crippen molar-refractivity contribution in [2.45, 2.75) is 37.8 Å². The maximum Gasteiger partial charge on any atom is 0.0504 e. The minimum Gasteiger partial charge on any atom is -0.399 e. The quantitative estimate of drug-likeness (QED) is 0.838. The van der Waals surface area contributed by atoms with Crippen molar-refractivity contribution in [3.63, 3.8) is 0 Å². The Morgan fingerprint density at radius 3 is 2.74 bits per heavy atom. The van der Waals surface area contributed by atoms with Gasteiger partial charge < -0.3 is 15.2 Å². The zero-order valence-corrected chi connectivity index (χ0v) is 11.8. The summed E-state index contributed by atoms with van der Waals surface area (Å²) in [5, 5.41) is 1.29. The van der Waals surface area contributed by atoms with E-state index in [2.05, 4.69) is 48.0 Å².